The monoisotopic (exact) mass is 281 g/mol. The molecule has 0 atom stereocenters. The molecule has 0 aliphatic heterocycles. The molecule has 1 aromatic rings. The van der Waals surface area contributed by atoms with Crippen LogP contribution in [0.3, 0.4) is 0 Å². The fraction of sp³-hybridized carbons (Fsp3) is 0.400. The molecule has 0 bridgehead atoms. The average molecular weight is 282 g/mol. The first-order valence-electron chi connectivity index (χ1n) is 4.94. The van der Waals surface area contributed by atoms with E-state index >= 15 is 0 Å². The third-order valence-electron chi connectivity index (χ3n) is 2.03. The average Bonchev–Trinajstić information content (AvgIpc) is 2.51. The van der Waals surface area contributed by atoms with Crippen molar-refractivity contribution < 1.29 is 18.0 Å². The van der Waals surface area contributed by atoms with E-state index in [-0.39, 0.29) is 23.2 Å². The van der Waals surface area contributed by atoms with Crippen molar-refractivity contribution in [3.63, 3.8) is 0 Å². The largest absolute Gasteiger partial charge is 0.435 e. The molecule has 1 heterocycles. The van der Waals surface area contributed by atoms with Crippen molar-refractivity contribution in [2.45, 2.75) is 13.1 Å². The first-order chi connectivity index (χ1) is 8.23. The molecule has 1 aromatic heterocycles. The van der Waals surface area contributed by atoms with Crippen molar-refractivity contribution in [3.8, 4) is 0 Å². The standard InChI is InChI=1S/C10H11ClF3N3O/c1-6(18)15-5-3-4-7-8(10(12,13)14)16-17(2)9(7)11/h3-4H,5H2,1-2H3,(H,15,18). The Morgan fingerprint density at radius 3 is 2.67 bits per heavy atom. The third-order valence-corrected chi connectivity index (χ3v) is 2.48. The SMILES string of the molecule is CC(=O)NCC=Cc1c(C(F)(F)F)nn(C)c1Cl. The molecule has 0 radical (unpaired) electrons. The van der Waals surface area contributed by atoms with Crippen molar-refractivity contribution in [2.75, 3.05) is 6.54 Å². The lowest BCUT2D eigenvalue weighted by Crippen LogP contribution is -2.19. The summed E-state index contributed by atoms with van der Waals surface area (Å²) in [5.41, 5.74) is -1.26. The normalized spacial score (nSPS) is 12.1. The van der Waals surface area contributed by atoms with Gasteiger partial charge in [-0.25, -0.2) is 0 Å². The van der Waals surface area contributed by atoms with Gasteiger partial charge in [-0.05, 0) is 0 Å². The maximum Gasteiger partial charge on any atom is 0.435 e. The molecular formula is C10H11ClF3N3O. The van der Waals surface area contributed by atoms with E-state index in [0.717, 1.165) is 4.68 Å². The topological polar surface area (TPSA) is 46.9 Å². The van der Waals surface area contributed by atoms with Crippen molar-refractivity contribution in [3.05, 3.63) is 22.5 Å². The van der Waals surface area contributed by atoms with E-state index in [1.54, 1.807) is 0 Å². The highest BCUT2D eigenvalue weighted by molar-refractivity contribution is 6.31. The van der Waals surface area contributed by atoms with Crippen LogP contribution in [0.15, 0.2) is 6.08 Å². The number of aromatic nitrogens is 2. The van der Waals surface area contributed by atoms with Crippen molar-refractivity contribution in [2.24, 2.45) is 7.05 Å². The fourth-order valence-electron chi connectivity index (χ4n) is 1.26. The Labute approximate surface area is 106 Å². The zero-order chi connectivity index (χ0) is 13.9. The molecule has 0 fully saturated rings. The minimum Gasteiger partial charge on any atom is -0.353 e. The zero-order valence-electron chi connectivity index (χ0n) is 9.68. The maximum absolute atomic E-state index is 12.6. The highest BCUT2D eigenvalue weighted by Gasteiger charge is 2.37. The van der Waals surface area contributed by atoms with E-state index in [9.17, 15) is 18.0 Å². The molecule has 0 saturated carbocycles. The van der Waals surface area contributed by atoms with Gasteiger partial charge in [-0.2, -0.15) is 18.3 Å². The summed E-state index contributed by atoms with van der Waals surface area (Å²) in [5, 5.41) is 5.63. The van der Waals surface area contributed by atoms with Gasteiger partial charge in [0.05, 0.1) is 0 Å². The van der Waals surface area contributed by atoms with Crippen molar-refractivity contribution in [1.29, 1.82) is 0 Å². The smallest absolute Gasteiger partial charge is 0.353 e. The van der Waals surface area contributed by atoms with Crippen LogP contribution in [0.5, 0.6) is 0 Å². The number of aryl methyl sites for hydroxylation is 1. The fourth-order valence-corrected chi connectivity index (χ4v) is 1.45. The first-order valence-corrected chi connectivity index (χ1v) is 5.32. The lowest BCUT2D eigenvalue weighted by molar-refractivity contribution is -0.141. The van der Waals surface area contributed by atoms with Gasteiger partial charge in [-0.3, -0.25) is 9.48 Å². The molecule has 1 rings (SSSR count). The number of nitrogens with one attached hydrogen (secondary N) is 1. The molecule has 0 aliphatic carbocycles. The second-order valence-electron chi connectivity index (χ2n) is 3.51. The van der Waals surface area contributed by atoms with Gasteiger partial charge < -0.3 is 5.32 Å². The second-order valence-corrected chi connectivity index (χ2v) is 3.87. The van der Waals surface area contributed by atoms with E-state index in [1.165, 1.54) is 26.1 Å². The Morgan fingerprint density at radius 1 is 1.56 bits per heavy atom. The minimum atomic E-state index is -4.57. The highest BCUT2D eigenvalue weighted by Crippen LogP contribution is 2.34. The summed E-state index contributed by atoms with van der Waals surface area (Å²) < 4.78 is 38.9. The van der Waals surface area contributed by atoms with Gasteiger partial charge in [-0.1, -0.05) is 23.8 Å². The zero-order valence-corrected chi connectivity index (χ0v) is 10.4. The number of carbonyl (C=O) groups excluding carboxylic acids is 1. The van der Waals surface area contributed by atoms with Crippen molar-refractivity contribution >= 4 is 23.6 Å². The second kappa shape index (κ2) is 5.43. The van der Waals surface area contributed by atoms with E-state index in [4.69, 9.17) is 11.6 Å². The minimum absolute atomic E-state index is 0.110. The summed E-state index contributed by atoms with van der Waals surface area (Å²) in [5.74, 6) is -0.270. The Balaban J connectivity index is 2.97. The maximum atomic E-state index is 12.6. The van der Waals surface area contributed by atoms with Gasteiger partial charge in [0.25, 0.3) is 0 Å². The summed E-state index contributed by atoms with van der Waals surface area (Å²) in [6.45, 7) is 1.43. The Bertz CT molecular complexity index is 479. The van der Waals surface area contributed by atoms with Crippen LogP contribution >= 0.6 is 11.6 Å². The first kappa shape index (κ1) is 14.6. The van der Waals surface area contributed by atoms with Gasteiger partial charge in [0.15, 0.2) is 5.69 Å². The summed E-state index contributed by atoms with van der Waals surface area (Å²) in [4.78, 5) is 10.6. The van der Waals surface area contributed by atoms with Crippen LogP contribution in [-0.2, 0) is 18.0 Å². The molecule has 18 heavy (non-hydrogen) atoms. The highest BCUT2D eigenvalue weighted by atomic mass is 35.5. The number of nitrogens with zero attached hydrogens (tertiary/aromatic N) is 2. The number of hydrogen-bond acceptors (Lipinski definition) is 2. The molecule has 0 aliphatic rings. The van der Waals surface area contributed by atoms with Crippen LogP contribution in [0.1, 0.15) is 18.2 Å². The summed E-state index contributed by atoms with van der Waals surface area (Å²) in [7, 11) is 1.32. The van der Waals surface area contributed by atoms with E-state index in [2.05, 4.69) is 10.4 Å². The van der Waals surface area contributed by atoms with E-state index in [1.807, 2.05) is 0 Å². The van der Waals surface area contributed by atoms with Gasteiger partial charge in [-0.15, -0.1) is 0 Å². The Morgan fingerprint density at radius 2 is 2.17 bits per heavy atom. The Hall–Kier alpha value is -1.50. The molecule has 0 saturated heterocycles. The van der Waals surface area contributed by atoms with Crippen molar-refractivity contribution in [1.82, 2.24) is 15.1 Å². The van der Waals surface area contributed by atoms with E-state index in [0.29, 0.717) is 0 Å². The molecule has 4 nitrogen and oxygen atoms in total. The van der Waals surface area contributed by atoms with Crippen LogP contribution in [0.2, 0.25) is 5.15 Å². The predicted octanol–water partition coefficient (Wildman–Crippen LogP) is 2.24. The summed E-state index contributed by atoms with van der Waals surface area (Å²) in [6.07, 6.45) is -2.01. The number of carbonyl (C=O) groups is 1. The summed E-state index contributed by atoms with van der Waals surface area (Å²) >= 11 is 5.72. The molecular weight excluding hydrogens is 271 g/mol. The quantitative estimate of drug-likeness (QED) is 0.924. The van der Waals surface area contributed by atoms with E-state index < -0.39 is 11.9 Å². The molecule has 100 valence electrons. The number of rotatable bonds is 3. The number of amides is 1. The van der Waals surface area contributed by atoms with Crippen LogP contribution in [0.4, 0.5) is 13.2 Å². The number of hydrogen-bond donors (Lipinski definition) is 1. The van der Waals surface area contributed by atoms with Crippen LogP contribution in [0, 0.1) is 0 Å². The van der Waals surface area contributed by atoms with Crippen LogP contribution in [-0.4, -0.2) is 22.2 Å². The lowest BCUT2D eigenvalue weighted by Gasteiger charge is -2.03. The molecule has 1 amide bonds. The lowest BCUT2D eigenvalue weighted by atomic mass is 10.2. The molecule has 0 unspecified atom stereocenters. The number of alkyl halides is 3. The van der Waals surface area contributed by atoms with Gasteiger partial charge in [0, 0.05) is 26.1 Å². The van der Waals surface area contributed by atoms with Gasteiger partial charge in [0.1, 0.15) is 5.15 Å². The van der Waals surface area contributed by atoms with Gasteiger partial charge >= 0.3 is 6.18 Å². The molecule has 0 aromatic carbocycles. The molecule has 0 spiro atoms. The van der Waals surface area contributed by atoms with Gasteiger partial charge in [0.2, 0.25) is 5.91 Å². The third kappa shape index (κ3) is 3.49. The molecule has 8 heteroatoms. The number of halogens is 4. The predicted molar refractivity (Wildman–Crippen MR) is 60.9 cm³/mol. The Kier molecular flexibility index (Phi) is 4.39. The summed E-state index contributed by atoms with van der Waals surface area (Å²) in [6, 6.07) is 0. The van der Waals surface area contributed by atoms with Crippen LogP contribution < -0.4 is 5.32 Å². The van der Waals surface area contributed by atoms with Crippen LogP contribution in [0.25, 0.3) is 6.08 Å². The molecule has 1 N–H and O–H groups in total.